The van der Waals surface area contributed by atoms with Crippen molar-refractivity contribution in [1.82, 2.24) is 20.0 Å². The fraction of sp³-hybridized carbons (Fsp3) is 0.300. The van der Waals surface area contributed by atoms with E-state index in [0.29, 0.717) is 5.82 Å². The quantitative estimate of drug-likeness (QED) is 0.486. The Morgan fingerprint density at radius 3 is 2.63 bits per heavy atom. The molecule has 1 heterocycles. The summed E-state index contributed by atoms with van der Waals surface area (Å²) >= 11 is 5.64. The highest BCUT2D eigenvalue weighted by molar-refractivity contribution is 7.89. The molecule has 2 aromatic carbocycles. The lowest BCUT2D eigenvalue weighted by molar-refractivity contribution is -0.122. The molecule has 7 nitrogen and oxygen atoms in total. The Morgan fingerprint density at radius 2 is 1.97 bits per heavy atom. The van der Waals surface area contributed by atoms with Crippen molar-refractivity contribution in [1.29, 1.82) is 0 Å². The van der Waals surface area contributed by atoms with Crippen LogP contribution >= 0.6 is 11.6 Å². The molecule has 0 bridgehead atoms. The Labute approximate surface area is 179 Å². The maximum absolute atomic E-state index is 13.2. The van der Waals surface area contributed by atoms with Crippen molar-refractivity contribution in [3.05, 3.63) is 59.1 Å². The van der Waals surface area contributed by atoms with E-state index in [9.17, 15) is 17.6 Å². The second-order valence-corrected chi connectivity index (χ2v) is 9.33. The van der Waals surface area contributed by atoms with Crippen LogP contribution in [-0.2, 0) is 14.8 Å². The number of para-hydroxylation sites is 2. The molecule has 1 amide bonds. The summed E-state index contributed by atoms with van der Waals surface area (Å²) in [4.78, 5) is 20.0. The Balaban J connectivity index is 1.61. The molecule has 1 aromatic heterocycles. The Bertz CT molecular complexity index is 1130. The van der Waals surface area contributed by atoms with Gasteiger partial charge in [0.1, 0.15) is 11.6 Å². The van der Waals surface area contributed by atoms with Crippen molar-refractivity contribution in [3.8, 4) is 0 Å². The number of nitrogens with one attached hydrogen (secondary N) is 3. The standard InChI is InChI=1S/C20H22ClFN4O3S/c1-12(2)19(20-24-16-5-3-4-6-17(16)25-20)26-18(27)9-10-23-30(28,29)13-7-8-15(22)14(21)11-13/h3-8,11-12,19,23H,9-10H2,1-2H3,(H,24,25)(H,26,27)/t19-/m0/s1. The number of sulfonamides is 1. The number of aromatic amines is 1. The van der Waals surface area contributed by atoms with Crippen LogP contribution in [0.15, 0.2) is 47.4 Å². The van der Waals surface area contributed by atoms with E-state index in [1.807, 2.05) is 38.1 Å². The van der Waals surface area contributed by atoms with Gasteiger partial charge < -0.3 is 10.3 Å². The number of carbonyl (C=O) groups excluding carboxylic acids is 1. The number of hydrogen-bond donors (Lipinski definition) is 3. The normalized spacial score (nSPS) is 13.0. The molecule has 0 aliphatic heterocycles. The summed E-state index contributed by atoms with van der Waals surface area (Å²) in [6.45, 7) is 3.80. The summed E-state index contributed by atoms with van der Waals surface area (Å²) < 4.78 is 40.1. The molecule has 1 atom stereocenters. The molecule has 0 unspecified atom stereocenters. The smallest absolute Gasteiger partial charge is 0.240 e. The van der Waals surface area contributed by atoms with Gasteiger partial charge in [-0.3, -0.25) is 4.79 Å². The molecule has 3 N–H and O–H groups in total. The molecule has 160 valence electrons. The zero-order valence-electron chi connectivity index (χ0n) is 16.4. The van der Waals surface area contributed by atoms with Crippen molar-refractivity contribution in [2.45, 2.75) is 31.2 Å². The average molecular weight is 453 g/mol. The first-order chi connectivity index (χ1) is 14.2. The predicted molar refractivity (Wildman–Crippen MR) is 113 cm³/mol. The largest absolute Gasteiger partial charge is 0.346 e. The van der Waals surface area contributed by atoms with Gasteiger partial charge in [-0.25, -0.2) is 22.5 Å². The van der Waals surface area contributed by atoms with Crippen LogP contribution < -0.4 is 10.0 Å². The molecule has 0 saturated carbocycles. The Kier molecular flexibility index (Phi) is 6.74. The van der Waals surface area contributed by atoms with Crippen LogP contribution in [0, 0.1) is 11.7 Å². The topological polar surface area (TPSA) is 104 Å². The Morgan fingerprint density at radius 1 is 1.23 bits per heavy atom. The van der Waals surface area contributed by atoms with Crippen LogP contribution in [0.5, 0.6) is 0 Å². The molecule has 0 aliphatic rings. The maximum Gasteiger partial charge on any atom is 0.240 e. The molecule has 0 fully saturated rings. The molecule has 0 spiro atoms. The van der Waals surface area contributed by atoms with Crippen molar-refractivity contribution in [2.75, 3.05) is 6.54 Å². The molecular formula is C20H22ClFN4O3S. The molecule has 10 heteroatoms. The van der Waals surface area contributed by atoms with Gasteiger partial charge in [-0.2, -0.15) is 0 Å². The van der Waals surface area contributed by atoms with E-state index in [4.69, 9.17) is 11.6 Å². The third kappa shape index (κ3) is 5.16. The minimum absolute atomic E-state index is 0.0626. The third-order valence-corrected chi connectivity index (χ3v) is 6.28. The number of H-pyrrole nitrogens is 1. The van der Waals surface area contributed by atoms with Crippen LogP contribution in [0.2, 0.25) is 5.02 Å². The zero-order chi connectivity index (χ0) is 21.9. The monoisotopic (exact) mass is 452 g/mol. The molecule has 0 aliphatic carbocycles. The lowest BCUT2D eigenvalue weighted by Gasteiger charge is -2.20. The highest BCUT2D eigenvalue weighted by Gasteiger charge is 2.22. The van der Waals surface area contributed by atoms with Crippen LogP contribution in [0.25, 0.3) is 11.0 Å². The summed E-state index contributed by atoms with van der Waals surface area (Å²) in [5.74, 6) is -0.331. The van der Waals surface area contributed by atoms with Gasteiger partial charge in [0, 0.05) is 13.0 Å². The number of fused-ring (bicyclic) bond motifs is 1. The summed E-state index contributed by atoms with van der Waals surface area (Å²) in [5.41, 5.74) is 1.68. The summed E-state index contributed by atoms with van der Waals surface area (Å²) in [7, 11) is -3.91. The number of carbonyl (C=O) groups is 1. The van der Waals surface area contributed by atoms with Crippen molar-refractivity contribution < 1.29 is 17.6 Å². The van der Waals surface area contributed by atoms with E-state index in [0.717, 1.165) is 29.2 Å². The van der Waals surface area contributed by atoms with Gasteiger partial charge in [0.15, 0.2) is 0 Å². The van der Waals surface area contributed by atoms with Crippen molar-refractivity contribution in [3.63, 3.8) is 0 Å². The average Bonchev–Trinajstić information content (AvgIpc) is 3.11. The van der Waals surface area contributed by atoms with Gasteiger partial charge in [0.25, 0.3) is 0 Å². The number of imidazole rings is 1. The number of amides is 1. The van der Waals surface area contributed by atoms with Gasteiger partial charge in [-0.05, 0) is 36.2 Å². The molecule has 3 rings (SSSR count). The van der Waals surface area contributed by atoms with E-state index in [-0.39, 0.29) is 40.8 Å². The van der Waals surface area contributed by atoms with Crippen LogP contribution in [0.1, 0.15) is 32.1 Å². The number of rotatable bonds is 8. The van der Waals surface area contributed by atoms with Crippen LogP contribution in [0.3, 0.4) is 0 Å². The summed E-state index contributed by atoms with van der Waals surface area (Å²) in [6, 6.07) is 10.3. The second kappa shape index (κ2) is 9.11. The number of halogens is 2. The van der Waals surface area contributed by atoms with E-state index in [1.165, 1.54) is 0 Å². The fourth-order valence-electron chi connectivity index (χ4n) is 2.94. The molecule has 0 radical (unpaired) electrons. The van der Waals surface area contributed by atoms with Crippen LogP contribution in [0.4, 0.5) is 4.39 Å². The number of benzene rings is 2. The number of aromatic nitrogens is 2. The van der Waals surface area contributed by atoms with E-state index in [2.05, 4.69) is 20.0 Å². The van der Waals surface area contributed by atoms with Gasteiger partial charge in [0.05, 0.1) is 27.0 Å². The summed E-state index contributed by atoms with van der Waals surface area (Å²) in [6.07, 6.45) is -0.0718. The number of hydrogen-bond acceptors (Lipinski definition) is 4. The molecule has 30 heavy (non-hydrogen) atoms. The summed E-state index contributed by atoms with van der Waals surface area (Å²) in [5, 5.41) is 2.61. The maximum atomic E-state index is 13.2. The van der Waals surface area contributed by atoms with Gasteiger partial charge in [-0.15, -0.1) is 0 Å². The number of nitrogens with zero attached hydrogens (tertiary/aromatic N) is 1. The van der Waals surface area contributed by atoms with E-state index >= 15 is 0 Å². The molecule has 3 aromatic rings. The molecular weight excluding hydrogens is 431 g/mol. The highest BCUT2D eigenvalue weighted by atomic mass is 35.5. The first kappa shape index (κ1) is 22.2. The first-order valence-corrected chi connectivity index (χ1v) is 11.2. The fourth-order valence-corrected chi connectivity index (χ4v) is 4.25. The van der Waals surface area contributed by atoms with E-state index < -0.39 is 15.8 Å². The van der Waals surface area contributed by atoms with Gasteiger partial charge >= 0.3 is 0 Å². The van der Waals surface area contributed by atoms with Crippen molar-refractivity contribution >= 4 is 38.6 Å². The SMILES string of the molecule is CC(C)[C@H](NC(=O)CCNS(=O)(=O)c1ccc(F)c(Cl)c1)c1nc2ccccc2[nH]1. The minimum Gasteiger partial charge on any atom is -0.346 e. The minimum atomic E-state index is -3.91. The lowest BCUT2D eigenvalue weighted by atomic mass is 10.0. The Hall–Kier alpha value is -2.49. The van der Waals surface area contributed by atoms with Gasteiger partial charge in [0.2, 0.25) is 15.9 Å². The van der Waals surface area contributed by atoms with Crippen LogP contribution in [-0.4, -0.2) is 30.8 Å². The third-order valence-electron chi connectivity index (χ3n) is 4.53. The zero-order valence-corrected chi connectivity index (χ0v) is 18.0. The van der Waals surface area contributed by atoms with Gasteiger partial charge in [-0.1, -0.05) is 37.6 Å². The predicted octanol–water partition coefficient (Wildman–Crippen LogP) is 3.54. The second-order valence-electron chi connectivity index (χ2n) is 7.15. The first-order valence-electron chi connectivity index (χ1n) is 9.36. The molecule has 0 saturated heterocycles. The lowest BCUT2D eigenvalue weighted by Crippen LogP contribution is -2.35. The van der Waals surface area contributed by atoms with E-state index in [1.54, 1.807) is 0 Å². The highest BCUT2D eigenvalue weighted by Crippen LogP contribution is 2.22. The van der Waals surface area contributed by atoms with Crippen molar-refractivity contribution in [2.24, 2.45) is 5.92 Å².